The number of carbonyl (C=O) groups is 1. The zero-order valence-electron chi connectivity index (χ0n) is 11.9. The maximum atomic E-state index is 13.8. The summed E-state index contributed by atoms with van der Waals surface area (Å²) in [5.74, 6) is -0.512. The van der Waals surface area contributed by atoms with Gasteiger partial charge in [0.2, 0.25) is 0 Å². The average molecular weight is 351 g/mol. The van der Waals surface area contributed by atoms with Crippen molar-refractivity contribution in [3.63, 3.8) is 0 Å². The first-order chi connectivity index (χ1) is 10.0. The van der Waals surface area contributed by atoms with Crippen LogP contribution in [0.2, 0.25) is 0 Å². The maximum absolute atomic E-state index is 13.8. The molecule has 0 N–H and O–H groups in total. The second kappa shape index (κ2) is 6.80. The summed E-state index contributed by atoms with van der Waals surface area (Å²) < 4.78 is 14.6. The molecule has 21 heavy (non-hydrogen) atoms. The Balaban J connectivity index is 2.23. The molecule has 0 aliphatic heterocycles. The van der Waals surface area contributed by atoms with Crippen LogP contribution >= 0.6 is 15.9 Å². The van der Waals surface area contributed by atoms with Crippen LogP contribution in [-0.4, -0.2) is 22.3 Å². The third-order valence-corrected chi connectivity index (χ3v) is 3.64. The van der Waals surface area contributed by atoms with Gasteiger partial charge in [-0.1, -0.05) is 22.0 Å². The van der Waals surface area contributed by atoms with E-state index in [0.29, 0.717) is 17.8 Å². The minimum atomic E-state index is -0.318. The molecule has 0 aliphatic rings. The highest BCUT2D eigenvalue weighted by Crippen LogP contribution is 2.18. The van der Waals surface area contributed by atoms with E-state index in [0.717, 1.165) is 10.2 Å². The predicted molar refractivity (Wildman–Crippen MR) is 83.5 cm³/mol. The Kier molecular flexibility index (Phi) is 5.07. The van der Waals surface area contributed by atoms with Gasteiger partial charge in [0.05, 0.1) is 0 Å². The van der Waals surface area contributed by atoms with Gasteiger partial charge in [-0.3, -0.25) is 4.79 Å². The van der Waals surface area contributed by atoms with Gasteiger partial charge in [0, 0.05) is 28.8 Å². The smallest absolute Gasteiger partial charge is 0.272 e. The van der Waals surface area contributed by atoms with Crippen molar-refractivity contribution in [1.82, 2.24) is 9.88 Å². The van der Waals surface area contributed by atoms with Crippen LogP contribution in [0.3, 0.4) is 0 Å². The van der Waals surface area contributed by atoms with Gasteiger partial charge in [0.25, 0.3) is 5.91 Å². The molecule has 0 saturated carbocycles. The monoisotopic (exact) mass is 350 g/mol. The van der Waals surface area contributed by atoms with E-state index in [4.69, 9.17) is 0 Å². The zero-order chi connectivity index (χ0) is 15.4. The fraction of sp³-hybridized carbons (Fsp3) is 0.250. The number of hydrogen-bond acceptors (Lipinski definition) is 2. The summed E-state index contributed by atoms with van der Waals surface area (Å²) in [5, 5.41) is 0. The van der Waals surface area contributed by atoms with Crippen molar-refractivity contribution in [1.29, 1.82) is 0 Å². The SMILES string of the molecule is CCN(Cc1cc(Br)ccc1F)C(=O)c1cccc(C)n1. The molecule has 1 heterocycles. The van der Waals surface area contributed by atoms with Crippen molar-refractivity contribution in [2.75, 3.05) is 6.54 Å². The van der Waals surface area contributed by atoms with E-state index in [2.05, 4.69) is 20.9 Å². The fourth-order valence-electron chi connectivity index (χ4n) is 2.02. The molecule has 5 heteroatoms. The van der Waals surface area contributed by atoms with Crippen LogP contribution in [0.1, 0.15) is 28.7 Å². The highest BCUT2D eigenvalue weighted by Gasteiger charge is 2.17. The molecule has 1 amide bonds. The van der Waals surface area contributed by atoms with Crippen LogP contribution in [-0.2, 0) is 6.54 Å². The van der Waals surface area contributed by atoms with Gasteiger partial charge in [0.1, 0.15) is 11.5 Å². The second-order valence-corrected chi connectivity index (χ2v) is 5.63. The molecule has 0 radical (unpaired) electrons. The van der Waals surface area contributed by atoms with E-state index in [9.17, 15) is 9.18 Å². The van der Waals surface area contributed by atoms with E-state index in [1.807, 2.05) is 19.9 Å². The molecule has 2 aromatic rings. The van der Waals surface area contributed by atoms with Crippen molar-refractivity contribution in [2.24, 2.45) is 0 Å². The second-order valence-electron chi connectivity index (χ2n) is 4.72. The molecule has 2 rings (SSSR count). The third kappa shape index (κ3) is 3.88. The largest absolute Gasteiger partial charge is 0.333 e. The normalized spacial score (nSPS) is 10.5. The van der Waals surface area contributed by atoms with Gasteiger partial charge in [-0.05, 0) is 44.2 Å². The summed E-state index contributed by atoms with van der Waals surface area (Å²) in [5.41, 5.74) is 1.64. The standard InChI is InChI=1S/C16H16BrFN2O/c1-3-20(10-12-9-13(17)7-8-14(12)18)16(21)15-6-4-5-11(2)19-15/h4-9H,3,10H2,1-2H3. The summed E-state index contributed by atoms with van der Waals surface area (Å²) in [7, 11) is 0. The molecule has 110 valence electrons. The number of carbonyl (C=O) groups excluding carboxylic acids is 1. The topological polar surface area (TPSA) is 33.2 Å². The number of aromatic nitrogens is 1. The van der Waals surface area contributed by atoms with E-state index in [-0.39, 0.29) is 18.3 Å². The van der Waals surface area contributed by atoms with Crippen molar-refractivity contribution < 1.29 is 9.18 Å². The molecule has 0 fully saturated rings. The Morgan fingerprint density at radius 3 is 2.76 bits per heavy atom. The number of hydrogen-bond donors (Lipinski definition) is 0. The average Bonchev–Trinajstić information content (AvgIpc) is 2.47. The van der Waals surface area contributed by atoms with Crippen LogP contribution in [0.5, 0.6) is 0 Å². The summed E-state index contributed by atoms with van der Waals surface area (Å²) in [4.78, 5) is 18.3. The Morgan fingerprint density at radius 1 is 1.33 bits per heavy atom. The number of nitrogens with zero attached hydrogens (tertiary/aromatic N) is 2. The van der Waals surface area contributed by atoms with Crippen molar-refractivity contribution in [2.45, 2.75) is 20.4 Å². The molecular weight excluding hydrogens is 335 g/mol. The minimum Gasteiger partial charge on any atom is -0.333 e. The Bertz CT molecular complexity index is 660. The highest BCUT2D eigenvalue weighted by atomic mass is 79.9. The van der Waals surface area contributed by atoms with E-state index in [1.165, 1.54) is 6.07 Å². The predicted octanol–water partition coefficient (Wildman–Crippen LogP) is 3.95. The number of amides is 1. The zero-order valence-corrected chi connectivity index (χ0v) is 13.5. The highest BCUT2D eigenvalue weighted by molar-refractivity contribution is 9.10. The van der Waals surface area contributed by atoms with E-state index >= 15 is 0 Å². The lowest BCUT2D eigenvalue weighted by molar-refractivity contribution is 0.0745. The van der Waals surface area contributed by atoms with Crippen LogP contribution in [0.4, 0.5) is 4.39 Å². The summed E-state index contributed by atoms with van der Waals surface area (Å²) in [6.07, 6.45) is 0. The Hall–Kier alpha value is -1.75. The molecule has 3 nitrogen and oxygen atoms in total. The molecule has 0 bridgehead atoms. The number of aryl methyl sites for hydroxylation is 1. The third-order valence-electron chi connectivity index (χ3n) is 3.15. The number of benzene rings is 1. The molecule has 0 aliphatic carbocycles. The molecule has 0 saturated heterocycles. The molecule has 1 aromatic heterocycles. The first-order valence-electron chi connectivity index (χ1n) is 6.68. The number of rotatable bonds is 4. The van der Waals surface area contributed by atoms with Crippen LogP contribution in [0.25, 0.3) is 0 Å². The lowest BCUT2D eigenvalue weighted by Gasteiger charge is -2.21. The summed E-state index contributed by atoms with van der Waals surface area (Å²) in [6, 6.07) is 10.0. The van der Waals surface area contributed by atoms with Gasteiger partial charge >= 0.3 is 0 Å². The number of pyridine rings is 1. The quantitative estimate of drug-likeness (QED) is 0.836. The lowest BCUT2D eigenvalue weighted by Crippen LogP contribution is -2.31. The van der Waals surface area contributed by atoms with Crippen LogP contribution in [0, 0.1) is 12.7 Å². The van der Waals surface area contributed by atoms with Crippen LogP contribution < -0.4 is 0 Å². The lowest BCUT2D eigenvalue weighted by atomic mass is 10.2. The Labute approximate surface area is 131 Å². The van der Waals surface area contributed by atoms with Gasteiger partial charge < -0.3 is 4.90 Å². The molecule has 0 atom stereocenters. The van der Waals surface area contributed by atoms with Crippen molar-refractivity contribution in [3.05, 3.63) is 63.6 Å². The molecular formula is C16H16BrFN2O. The van der Waals surface area contributed by atoms with E-state index in [1.54, 1.807) is 29.2 Å². The maximum Gasteiger partial charge on any atom is 0.272 e. The number of halogens is 2. The van der Waals surface area contributed by atoms with Gasteiger partial charge in [-0.2, -0.15) is 0 Å². The van der Waals surface area contributed by atoms with Crippen LogP contribution in [0.15, 0.2) is 40.9 Å². The first kappa shape index (κ1) is 15.6. The molecule has 1 aromatic carbocycles. The Morgan fingerprint density at radius 2 is 2.10 bits per heavy atom. The van der Waals surface area contributed by atoms with Gasteiger partial charge in [0.15, 0.2) is 0 Å². The summed E-state index contributed by atoms with van der Waals surface area (Å²) >= 11 is 3.32. The molecule has 0 unspecified atom stereocenters. The van der Waals surface area contributed by atoms with Crippen molar-refractivity contribution in [3.8, 4) is 0 Å². The first-order valence-corrected chi connectivity index (χ1v) is 7.47. The van der Waals surface area contributed by atoms with Crippen molar-refractivity contribution >= 4 is 21.8 Å². The van der Waals surface area contributed by atoms with E-state index < -0.39 is 0 Å². The minimum absolute atomic E-state index is 0.194. The molecule has 0 spiro atoms. The fourth-order valence-corrected chi connectivity index (χ4v) is 2.43. The summed E-state index contributed by atoms with van der Waals surface area (Å²) in [6.45, 7) is 4.40. The van der Waals surface area contributed by atoms with Gasteiger partial charge in [-0.15, -0.1) is 0 Å². The van der Waals surface area contributed by atoms with Gasteiger partial charge in [-0.25, -0.2) is 9.37 Å².